The summed E-state index contributed by atoms with van der Waals surface area (Å²) in [5, 5.41) is 9.90. The van der Waals surface area contributed by atoms with Crippen LogP contribution in [0, 0.1) is 0 Å². The number of likely N-dealkylation sites (N-methyl/N-ethyl adjacent to an activating group) is 1. The first-order valence-electron chi connectivity index (χ1n) is 6.63. The molecule has 110 valence electrons. The van der Waals surface area contributed by atoms with Crippen LogP contribution in [-0.2, 0) is 0 Å². The Kier molecular flexibility index (Phi) is 4.46. The van der Waals surface area contributed by atoms with Crippen molar-refractivity contribution in [2.45, 2.75) is 6.04 Å². The maximum atomic E-state index is 12.6. The maximum absolute atomic E-state index is 12.6. The normalized spacial score (nSPS) is 19.9. The van der Waals surface area contributed by atoms with Crippen LogP contribution in [0.15, 0.2) is 18.2 Å². The number of rotatable bonds is 3. The molecule has 0 aliphatic carbocycles. The average molecular weight is 279 g/mol. The smallest absolute Gasteiger partial charge is 0.258 e. The van der Waals surface area contributed by atoms with Gasteiger partial charge in [0.2, 0.25) is 0 Å². The van der Waals surface area contributed by atoms with E-state index in [1.54, 1.807) is 17.0 Å². The number of methoxy groups -OCH3 is 1. The van der Waals surface area contributed by atoms with Gasteiger partial charge in [0.15, 0.2) is 0 Å². The fourth-order valence-corrected chi connectivity index (χ4v) is 2.45. The predicted molar refractivity (Wildman–Crippen MR) is 76.0 cm³/mol. The topological polar surface area (TPSA) is 79.0 Å². The van der Waals surface area contributed by atoms with Crippen molar-refractivity contribution < 1.29 is 14.6 Å². The molecule has 1 fully saturated rings. The fourth-order valence-electron chi connectivity index (χ4n) is 2.45. The van der Waals surface area contributed by atoms with E-state index in [1.165, 1.54) is 13.2 Å². The molecule has 1 amide bonds. The van der Waals surface area contributed by atoms with Crippen LogP contribution in [0.2, 0.25) is 0 Å². The van der Waals surface area contributed by atoms with E-state index < -0.39 is 0 Å². The number of hydrogen-bond donors (Lipinski definition) is 2. The lowest BCUT2D eigenvalue weighted by Gasteiger charge is -2.39. The van der Waals surface area contributed by atoms with Crippen LogP contribution in [-0.4, -0.2) is 67.2 Å². The number of nitrogens with two attached hydrogens (primary N) is 1. The van der Waals surface area contributed by atoms with Gasteiger partial charge in [-0.3, -0.25) is 4.79 Å². The third-order valence-electron chi connectivity index (χ3n) is 3.65. The average Bonchev–Trinajstić information content (AvgIpc) is 2.47. The summed E-state index contributed by atoms with van der Waals surface area (Å²) in [4.78, 5) is 16.5. The first-order chi connectivity index (χ1) is 9.56. The summed E-state index contributed by atoms with van der Waals surface area (Å²) < 4.78 is 5.10. The number of piperazine rings is 1. The molecule has 0 radical (unpaired) electrons. The largest absolute Gasteiger partial charge is 0.507 e. The molecule has 1 saturated heterocycles. The van der Waals surface area contributed by atoms with Gasteiger partial charge in [-0.2, -0.15) is 0 Å². The van der Waals surface area contributed by atoms with Crippen LogP contribution in [0.5, 0.6) is 11.5 Å². The summed E-state index contributed by atoms with van der Waals surface area (Å²) in [6.07, 6.45) is 0. The molecule has 1 aromatic carbocycles. The molecule has 2 rings (SSSR count). The molecule has 6 heteroatoms. The molecule has 20 heavy (non-hydrogen) atoms. The molecule has 1 unspecified atom stereocenters. The number of nitrogens with zero attached hydrogens (tertiary/aromatic N) is 2. The summed E-state index contributed by atoms with van der Waals surface area (Å²) in [7, 11) is 3.53. The summed E-state index contributed by atoms with van der Waals surface area (Å²) in [6.45, 7) is 2.55. The molecule has 1 atom stereocenters. The molecule has 1 aliphatic heterocycles. The Labute approximate surface area is 118 Å². The predicted octanol–water partition coefficient (Wildman–Crippen LogP) is 0.116. The van der Waals surface area contributed by atoms with E-state index in [9.17, 15) is 9.90 Å². The number of aromatic hydroxyl groups is 1. The van der Waals surface area contributed by atoms with E-state index in [0.717, 1.165) is 13.1 Å². The van der Waals surface area contributed by atoms with Crippen molar-refractivity contribution >= 4 is 5.91 Å². The third-order valence-corrected chi connectivity index (χ3v) is 3.65. The molecule has 1 aromatic rings. The van der Waals surface area contributed by atoms with Crippen molar-refractivity contribution in [2.24, 2.45) is 5.73 Å². The Morgan fingerprint density at radius 1 is 1.50 bits per heavy atom. The van der Waals surface area contributed by atoms with Crippen LogP contribution in [0.4, 0.5) is 0 Å². The van der Waals surface area contributed by atoms with Crippen LogP contribution < -0.4 is 10.5 Å². The lowest BCUT2D eigenvalue weighted by molar-refractivity contribution is 0.0513. The summed E-state index contributed by atoms with van der Waals surface area (Å²) in [5.41, 5.74) is 6.01. The van der Waals surface area contributed by atoms with E-state index in [2.05, 4.69) is 4.90 Å². The van der Waals surface area contributed by atoms with Gasteiger partial charge < -0.3 is 25.4 Å². The van der Waals surface area contributed by atoms with Crippen LogP contribution in [0.1, 0.15) is 10.4 Å². The van der Waals surface area contributed by atoms with Gasteiger partial charge in [-0.15, -0.1) is 0 Å². The number of hydrogen-bond acceptors (Lipinski definition) is 5. The summed E-state index contributed by atoms with van der Waals surface area (Å²) in [6, 6.07) is 4.62. The maximum Gasteiger partial charge on any atom is 0.258 e. The molecule has 6 nitrogen and oxygen atoms in total. The Morgan fingerprint density at radius 3 is 2.90 bits per heavy atom. The number of benzene rings is 1. The molecule has 0 saturated carbocycles. The highest BCUT2D eigenvalue weighted by atomic mass is 16.5. The molecule has 3 N–H and O–H groups in total. The van der Waals surface area contributed by atoms with E-state index in [1.807, 2.05) is 7.05 Å². The van der Waals surface area contributed by atoms with Gasteiger partial charge in [-0.05, 0) is 25.2 Å². The zero-order valence-corrected chi connectivity index (χ0v) is 11.9. The number of amides is 1. The minimum absolute atomic E-state index is 0.0353. The minimum atomic E-state index is -0.204. The zero-order chi connectivity index (χ0) is 14.7. The van der Waals surface area contributed by atoms with Crippen LogP contribution >= 0.6 is 0 Å². The highest BCUT2D eigenvalue weighted by Gasteiger charge is 2.30. The number of carbonyl (C=O) groups excluding carboxylic acids is 1. The first-order valence-corrected chi connectivity index (χ1v) is 6.63. The number of carbonyl (C=O) groups is 1. The molecule has 0 bridgehead atoms. The summed E-state index contributed by atoms with van der Waals surface area (Å²) in [5.74, 6) is 0.306. The van der Waals surface area contributed by atoms with Gasteiger partial charge >= 0.3 is 0 Å². The number of phenols is 1. The SMILES string of the molecule is COc1ccc(O)c(C(=O)N2CCN(C)CC2CN)c1. The van der Waals surface area contributed by atoms with Crippen LogP contribution in [0.3, 0.4) is 0 Å². The molecule has 0 aromatic heterocycles. The van der Waals surface area contributed by atoms with E-state index in [4.69, 9.17) is 10.5 Å². The third kappa shape index (κ3) is 2.86. The van der Waals surface area contributed by atoms with E-state index >= 15 is 0 Å². The quantitative estimate of drug-likeness (QED) is 0.821. The molecular weight excluding hydrogens is 258 g/mol. The van der Waals surface area contributed by atoms with E-state index in [0.29, 0.717) is 18.8 Å². The molecular formula is C14H21N3O3. The molecule has 1 aliphatic rings. The Bertz CT molecular complexity index is 493. The van der Waals surface area contributed by atoms with Crippen molar-refractivity contribution in [3.8, 4) is 11.5 Å². The zero-order valence-electron chi connectivity index (χ0n) is 11.9. The van der Waals surface area contributed by atoms with Crippen molar-refractivity contribution in [3.05, 3.63) is 23.8 Å². The Morgan fingerprint density at radius 2 is 2.25 bits per heavy atom. The second-order valence-corrected chi connectivity index (χ2v) is 5.03. The standard InChI is InChI=1S/C14H21N3O3/c1-16-5-6-17(10(8-15)9-16)14(19)12-7-11(20-2)3-4-13(12)18/h3-4,7,10,18H,5-6,8-9,15H2,1-2H3. The minimum Gasteiger partial charge on any atom is -0.507 e. The van der Waals surface area contributed by atoms with Crippen molar-refractivity contribution in [1.29, 1.82) is 0 Å². The molecule has 0 spiro atoms. The van der Waals surface area contributed by atoms with Gasteiger partial charge in [0.25, 0.3) is 5.91 Å². The van der Waals surface area contributed by atoms with Gasteiger partial charge in [0, 0.05) is 26.2 Å². The fraction of sp³-hybridized carbons (Fsp3) is 0.500. The van der Waals surface area contributed by atoms with Crippen molar-refractivity contribution in [1.82, 2.24) is 9.80 Å². The molecule has 1 heterocycles. The first kappa shape index (κ1) is 14.6. The van der Waals surface area contributed by atoms with Gasteiger partial charge in [-0.25, -0.2) is 0 Å². The Hall–Kier alpha value is -1.79. The second-order valence-electron chi connectivity index (χ2n) is 5.03. The lowest BCUT2D eigenvalue weighted by atomic mass is 10.1. The summed E-state index contributed by atoms with van der Waals surface area (Å²) >= 11 is 0. The number of phenolic OH excluding ortho intramolecular Hbond substituents is 1. The monoisotopic (exact) mass is 279 g/mol. The van der Waals surface area contributed by atoms with Crippen molar-refractivity contribution in [2.75, 3.05) is 40.3 Å². The number of ether oxygens (including phenoxy) is 1. The lowest BCUT2D eigenvalue weighted by Crippen LogP contribution is -2.56. The van der Waals surface area contributed by atoms with Gasteiger partial charge in [-0.1, -0.05) is 0 Å². The van der Waals surface area contributed by atoms with E-state index in [-0.39, 0.29) is 23.3 Å². The highest BCUT2D eigenvalue weighted by molar-refractivity contribution is 5.97. The van der Waals surface area contributed by atoms with Gasteiger partial charge in [0.05, 0.1) is 18.7 Å². The van der Waals surface area contributed by atoms with Gasteiger partial charge in [0.1, 0.15) is 11.5 Å². The highest BCUT2D eigenvalue weighted by Crippen LogP contribution is 2.25. The Balaban J connectivity index is 2.26. The van der Waals surface area contributed by atoms with Crippen molar-refractivity contribution in [3.63, 3.8) is 0 Å². The van der Waals surface area contributed by atoms with Crippen LogP contribution in [0.25, 0.3) is 0 Å². The second kappa shape index (κ2) is 6.11.